The molecular weight excluding hydrogens is 524 g/mol. The van der Waals surface area contributed by atoms with Gasteiger partial charge in [0.05, 0.1) is 13.2 Å². The van der Waals surface area contributed by atoms with Gasteiger partial charge in [-0.2, -0.15) is 0 Å². The molecule has 1 fully saturated rings. The van der Waals surface area contributed by atoms with Gasteiger partial charge in [0.1, 0.15) is 18.1 Å². The van der Waals surface area contributed by atoms with Crippen LogP contribution in [0.5, 0.6) is 11.5 Å². The third-order valence-corrected chi connectivity index (χ3v) is 7.58. The summed E-state index contributed by atoms with van der Waals surface area (Å²) in [5.74, 6) is 2.32. The van der Waals surface area contributed by atoms with E-state index in [1.165, 1.54) is 33.0 Å². The summed E-state index contributed by atoms with van der Waals surface area (Å²) < 4.78 is 15.7. The predicted molar refractivity (Wildman–Crippen MR) is 167 cm³/mol. The fourth-order valence-electron chi connectivity index (χ4n) is 5.84. The molecule has 4 aromatic rings. The van der Waals surface area contributed by atoms with E-state index in [0.29, 0.717) is 31.6 Å². The Labute approximate surface area is 247 Å². The van der Waals surface area contributed by atoms with Gasteiger partial charge in [0.2, 0.25) is 5.91 Å². The highest BCUT2D eigenvalue weighted by atomic mass is 16.5. The van der Waals surface area contributed by atoms with Gasteiger partial charge in [-0.1, -0.05) is 66.7 Å². The predicted octanol–water partition coefficient (Wildman–Crippen LogP) is 4.41. The van der Waals surface area contributed by atoms with Crippen LogP contribution >= 0.6 is 0 Å². The number of rotatable bonds is 8. The molecule has 1 saturated carbocycles. The normalized spacial score (nSPS) is 16.5. The van der Waals surface area contributed by atoms with E-state index in [1.54, 1.807) is 7.11 Å². The van der Waals surface area contributed by atoms with Gasteiger partial charge < -0.3 is 25.7 Å². The van der Waals surface area contributed by atoms with Crippen molar-refractivity contribution in [3.8, 4) is 22.6 Å². The van der Waals surface area contributed by atoms with Gasteiger partial charge in [-0.05, 0) is 93.8 Å². The molecule has 0 saturated heterocycles. The summed E-state index contributed by atoms with van der Waals surface area (Å²) in [6, 6.07) is 32.3. The molecule has 1 amide bonds. The lowest BCUT2D eigenvalue weighted by Crippen LogP contribution is -2.37. The number of methoxy groups -OCH3 is 1. The number of primary amides is 1. The number of hydrogen-bond acceptors (Lipinski definition) is 5. The first kappa shape index (κ1) is 29.1. The van der Waals surface area contributed by atoms with E-state index in [4.69, 9.17) is 25.7 Å². The van der Waals surface area contributed by atoms with Crippen molar-refractivity contribution in [2.75, 3.05) is 26.9 Å². The van der Waals surface area contributed by atoms with E-state index in [0.717, 1.165) is 35.3 Å². The van der Waals surface area contributed by atoms with Gasteiger partial charge in [0.15, 0.2) is 0 Å². The van der Waals surface area contributed by atoms with Crippen molar-refractivity contribution in [3.05, 3.63) is 119 Å². The molecule has 6 nitrogen and oxygen atoms in total. The van der Waals surface area contributed by atoms with Gasteiger partial charge in [0.25, 0.3) is 0 Å². The Bertz CT molecular complexity index is 1650. The van der Waals surface area contributed by atoms with Crippen LogP contribution in [0.2, 0.25) is 0 Å². The van der Waals surface area contributed by atoms with Crippen molar-refractivity contribution in [2.45, 2.75) is 20.0 Å². The maximum atomic E-state index is 12.0. The molecule has 6 heteroatoms. The molecule has 4 N–H and O–H groups in total. The fraction of sp³-hybridized carbons (Fsp3) is 0.250. The van der Waals surface area contributed by atoms with Crippen molar-refractivity contribution in [1.82, 2.24) is 0 Å². The zero-order valence-electron chi connectivity index (χ0n) is 24.2. The van der Waals surface area contributed by atoms with Crippen molar-refractivity contribution < 1.29 is 19.0 Å². The first-order chi connectivity index (χ1) is 20.6. The zero-order valence-corrected chi connectivity index (χ0v) is 24.2. The highest BCUT2D eigenvalue weighted by molar-refractivity contribution is 6.15. The molecule has 0 spiro atoms. The van der Waals surface area contributed by atoms with Crippen LogP contribution in [-0.4, -0.2) is 32.8 Å². The molecule has 42 heavy (non-hydrogen) atoms. The smallest absolute Gasteiger partial charge is 0.245 e. The Morgan fingerprint density at radius 2 is 1.50 bits per heavy atom. The number of para-hydroxylation sites is 2. The number of fused-ring (bicyclic) bond motifs is 5. The van der Waals surface area contributed by atoms with Crippen molar-refractivity contribution in [2.24, 2.45) is 23.3 Å². The molecule has 216 valence electrons. The molecule has 0 aromatic heterocycles. The van der Waals surface area contributed by atoms with Crippen molar-refractivity contribution in [1.29, 1.82) is 0 Å². The van der Waals surface area contributed by atoms with Crippen LogP contribution in [0.3, 0.4) is 0 Å². The number of nitrogens with two attached hydrogens (primary N) is 2. The van der Waals surface area contributed by atoms with Crippen LogP contribution in [0.25, 0.3) is 22.3 Å². The van der Waals surface area contributed by atoms with Crippen LogP contribution in [0.15, 0.2) is 97.1 Å². The first-order valence-electron chi connectivity index (χ1n) is 14.4. The molecule has 4 aromatic carbocycles. The number of carbonyl (C=O) groups excluding carboxylic acids is 1. The van der Waals surface area contributed by atoms with E-state index >= 15 is 0 Å². The minimum absolute atomic E-state index is 0.263. The summed E-state index contributed by atoms with van der Waals surface area (Å²) in [6.07, 6.45) is 1.04. The van der Waals surface area contributed by atoms with Gasteiger partial charge in [-0.25, -0.2) is 0 Å². The van der Waals surface area contributed by atoms with Crippen LogP contribution in [-0.2, 0) is 16.1 Å². The van der Waals surface area contributed by atoms with Crippen LogP contribution < -0.4 is 31.4 Å². The van der Waals surface area contributed by atoms with Crippen LogP contribution in [0.4, 0.5) is 0 Å². The van der Waals surface area contributed by atoms with Crippen LogP contribution in [0, 0.1) is 11.8 Å². The van der Waals surface area contributed by atoms with Crippen molar-refractivity contribution in [3.63, 3.8) is 0 Å². The Hall–Kier alpha value is -4.39. The third kappa shape index (κ3) is 6.25. The largest absolute Gasteiger partial charge is 0.494 e. The number of hydrogen-bond donors (Lipinski definition) is 2. The Morgan fingerprint density at radius 3 is 2.12 bits per heavy atom. The second-order valence-corrected chi connectivity index (χ2v) is 10.4. The quantitative estimate of drug-likeness (QED) is 0.332. The monoisotopic (exact) mass is 562 g/mol. The van der Waals surface area contributed by atoms with Crippen molar-refractivity contribution >= 4 is 17.1 Å². The number of benzene rings is 4. The highest BCUT2D eigenvalue weighted by Gasteiger charge is 2.49. The van der Waals surface area contributed by atoms with Gasteiger partial charge in [-0.15, -0.1) is 0 Å². The fourth-order valence-corrected chi connectivity index (χ4v) is 5.84. The standard InChI is InChI=1S/C20H17NO2.C8H11NO.C8H10O/c1-23-9-10-5-6-11-12-3-2-4-13-17(12)18(14(11)7-10)15-8-16(15)19(13)20(21)22;9-6-7-10-8-4-2-1-3-5-8;1-2-9-8-6-4-3-5-7-8/h2-7,15-16H,8-9H2,1H3,(H2,21,22);1-5H,6-7,9H2;3-7H,2H2,1H3. The first-order valence-corrected chi connectivity index (χ1v) is 14.4. The molecule has 0 aliphatic heterocycles. The zero-order chi connectivity index (χ0) is 29.5. The number of amides is 1. The summed E-state index contributed by atoms with van der Waals surface area (Å²) in [5, 5.41) is 2.29. The van der Waals surface area contributed by atoms with E-state index in [-0.39, 0.29) is 5.91 Å². The van der Waals surface area contributed by atoms with Crippen LogP contribution in [0.1, 0.15) is 24.5 Å². The molecule has 0 radical (unpaired) electrons. The Kier molecular flexibility index (Phi) is 9.37. The average molecular weight is 563 g/mol. The Balaban J connectivity index is 0.000000154. The third-order valence-electron chi connectivity index (χ3n) is 7.58. The molecule has 2 atom stereocenters. The van der Waals surface area contributed by atoms with E-state index in [1.807, 2.05) is 73.7 Å². The number of ether oxygens (including phenoxy) is 3. The minimum Gasteiger partial charge on any atom is -0.494 e. The summed E-state index contributed by atoms with van der Waals surface area (Å²) >= 11 is 0. The van der Waals surface area contributed by atoms with E-state index in [9.17, 15) is 4.79 Å². The molecule has 2 unspecified atom stereocenters. The maximum absolute atomic E-state index is 12.0. The second kappa shape index (κ2) is 13.5. The summed E-state index contributed by atoms with van der Waals surface area (Å²) in [6.45, 7) is 4.49. The molecule has 0 heterocycles. The lowest BCUT2D eigenvalue weighted by molar-refractivity contribution is -0.113. The summed E-state index contributed by atoms with van der Waals surface area (Å²) in [5.41, 5.74) is 18.2. The van der Waals surface area contributed by atoms with Gasteiger partial charge in [0, 0.05) is 19.2 Å². The SMILES string of the molecule is CCOc1ccccc1.COCc1ccc2c(c1)C1=c3c-2cccc3=C(C(N)=O)C2CC12.NCCOc1ccccc1. The lowest BCUT2D eigenvalue weighted by atomic mass is 9.92. The van der Waals surface area contributed by atoms with Gasteiger partial charge in [-0.3, -0.25) is 4.79 Å². The lowest BCUT2D eigenvalue weighted by Gasteiger charge is -2.12. The molecule has 7 rings (SSSR count). The second-order valence-electron chi connectivity index (χ2n) is 10.4. The maximum Gasteiger partial charge on any atom is 0.245 e. The molecule has 3 aliphatic rings. The highest BCUT2D eigenvalue weighted by Crippen LogP contribution is 2.55. The van der Waals surface area contributed by atoms with E-state index in [2.05, 4.69) is 30.3 Å². The summed E-state index contributed by atoms with van der Waals surface area (Å²) in [4.78, 5) is 12.0. The summed E-state index contributed by atoms with van der Waals surface area (Å²) in [7, 11) is 1.72. The average Bonchev–Trinajstić information content (AvgIpc) is 3.73. The molecule has 0 bridgehead atoms. The van der Waals surface area contributed by atoms with Gasteiger partial charge >= 0.3 is 0 Å². The topological polar surface area (TPSA) is 96.8 Å². The minimum atomic E-state index is -0.263. The number of carbonyl (C=O) groups is 1. The molecular formula is C36H38N2O4. The molecule has 3 aliphatic carbocycles. The Morgan fingerprint density at radius 1 is 0.810 bits per heavy atom. The van der Waals surface area contributed by atoms with E-state index < -0.39 is 0 Å².